The summed E-state index contributed by atoms with van der Waals surface area (Å²) in [7, 11) is 1.70. The molecule has 1 rings (SSSR count). The SMILES string of the molecule is CCC(CC)N(CCOC)c1ncc(N)cc1Cl. The summed E-state index contributed by atoms with van der Waals surface area (Å²) in [6.07, 6.45) is 3.73. The van der Waals surface area contributed by atoms with Crippen LogP contribution in [0.1, 0.15) is 26.7 Å². The Bertz CT molecular complexity index is 369. The van der Waals surface area contributed by atoms with E-state index in [-0.39, 0.29) is 0 Å². The number of ether oxygens (including phenoxy) is 1. The zero-order valence-corrected chi connectivity index (χ0v) is 12.1. The second kappa shape index (κ2) is 7.44. The van der Waals surface area contributed by atoms with E-state index in [0.717, 1.165) is 25.2 Å². The molecule has 1 aromatic rings. The van der Waals surface area contributed by atoms with Crippen LogP contribution in [0.5, 0.6) is 0 Å². The van der Waals surface area contributed by atoms with Crippen molar-refractivity contribution in [3.8, 4) is 0 Å². The van der Waals surface area contributed by atoms with Crippen molar-refractivity contribution in [3.05, 3.63) is 17.3 Å². The van der Waals surface area contributed by atoms with Gasteiger partial charge in [0.2, 0.25) is 0 Å². The topological polar surface area (TPSA) is 51.4 Å². The van der Waals surface area contributed by atoms with Crippen LogP contribution in [0.25, 0.3) is 0 Å². The zero-order chi connectivity index (χ0) is 13.5. The number of nitrogen functional groups attached to an aromatic ring is 1. The first-order valence-corrected chi connectivity index (χ1v) is 6.68. The number of rotatable bonds is 7. The predicted molar refractivity (Wildman–Crippen MR) is 77.3 cm³/mol. The third kappa shape index (κ3) is 3.75. The molecule has 0 fully saturated rings. The van der Waals surface area contributed by atoms with Gasteiger partial charge >= 0.3 is 0 Å². The quantitative estimate of drug-likeness (QED) is 0.828. The molecule has 0 saturated heterocycles. The Balaban J connectivity index is 3.00. The molecule has 0 spiro atoms. The Labute approximate surface area is 114 Å². The lowest BCUT2D eigenvalue weighted by atomic mass is 10.1. The molecule has 18 heavy (non-hydrogen) atoms. The summed E-state index contributed by atoms with van der Waals surface area (Å²) < 4.78 is 5.16. The summed E-state index contributed by atoms with van der Waals surface area (Å²) in [6, 6.07) is 2.15. The van der Waals surface area contributed by atoms with Crippen LogP contribution in [0.4, 0.5) is 11.5 Å². The second-order valence-corrected chi connectivity index (χ2v) is 4.64. The number of nitrogens with two attached hydrogens (primary N) is 1. The van der Waals surface area contributed by atoms with Gasteiger partial charge in [-0.3, -0.25) is 0 Å². The Morgan fingerprint density at radius 2 is 2.11 bits per heavy atom. The molecule has 0 atom stereocenters. The monoisotopic (exact) mass is 271 g/mol. The van der Waals surface area contributed by atoms with Crippen molar-refractivity contribution in [1.29, 1.82) is 0 Å². The van der Waals surface area contributed by atoms with E-state index in [2.05, 4.69) is 23.7 Å². The van der Waals surface area contributed by atoms with Crippen molar-refractivity contribution >= 4 is 23.1 Å². The number of hydrogen-bond acceptors (Lipinski definition) is 4. The van der Waals surface area contributed by atoms with E-state index in [0.29, 0.717) is 23.4 Å². The van der Waals surface area contributed by atoms with Gasteiger partial charge in [-0.25, -0.2) is 4.98 Å². The normalized spacial score (nSPS) is 10.9. The summed E-state index contributed by atoms with van der Waals surface area (Å²) in [6.45, 7) is 5.76. The minimum atomic E-state index is 0.411. The lowest BCUT2D eigenvalue weighted by Crippen LogP contribution is -2.37. The molecule has 0 radical (unpaired) electrons. The lowest BCUT2D eigenvalue weighted by Gasteiger charge is -2.32. The molecule has 0 saturated carbocycles. The molecule has 2 N–H and O–H groups in total. The molecule has 0 aliphatic heterocycles. The molecular weight excluding hydrogens is 250 g/mol. The minimum absolute atomic E-state index is 0.411. The van der Waals surface area contributed by atoms with Gasteiger partial charge in [0.15, 0.2) is 0 Å². The lowest BCUT2D eigenvalue weighted by molar-refractivity contribution is 0.202. The van der Waals surface area contributed by atoms with Crippen LogP contribution in [0.2, 0.25) is 5.02 Å². The molecule has 0 bridgehead atoms. The van der Waals surface area contributed by atoms with Crippen LogP contribution in [-0.4, -0.2) is 31.3 Å². The number of methoxy groups -OCH3 is 1. The molecule has 0 aliphatic rings. The molecular formula is C13H22ClN3O. The Morgan fingerprint density at radius 1 is 1.44 bits per heavy atom. The third-order valence-electron chi connectivity index (χ3n) is 3.03. The fourth-order valence-corrected chi connectivity index (χ4v) is 2.32. The largest absolute Gasteiger partial charge is 0.397 e. The molecule has 0 aromatic carbocycles. The number of hydrogen-bond donors (Lipinski definition) is 1. The van der Waals surface area contributed by atoms with Gasteiger partial charge in [0.25, 0.3) is 0 Å². The van der Waals surface area contributed by atoms with Gasteiger partial charge in [-0.2, -0.15) is 0 Å². The van der Waals surface area contributed by atoms with E-state index < -0.39 is 0 Å². The summed E-state index contributed by atoms with van der Waals surface area (Å²) >= 11 is 6.24. The first-order valence-electron chi connectivity index (χ1n) is 6.30. The molecule has 4 nitrogen and oxygen atoms in total. The molecule has 1 heterocycles. The average Bonchev–Trinajstić information content (AvgIpc) is 2.35. The number of aromatic nitrogens is 1. The Kier molecular flexibility index (Phi) is 6.22. The summed E-state index contributed by atoms with van der Waals surface area (Å²) in [5, 5.41) is 0.595. The summed E-state index contributed by atoms with van der Waals surface area (Å²) in [5.41, 5.74) is 6.26. The van der Waals surface area contributed by atoms with Crippen LogP contribution in [0.3, 0.4) is 0 Å². The number of anilines is 2. The highest BCUT2D eigenvalue weighted by molar-refractivity contribution is 6.33. The maximum atomic E-state index is 6.24. The average molecular weight is 272 g/mol. The van der Waals surface area contributed by atoms with E-state index in [1.54, 1.807) is 19.4 Å². The summed E-state index contributed by atoms with van der Waals surface area (Å²) in [5.74, 6) is 0.789. The van der Waals surface area contributed by atoms with Gasteiger partial charge < -0.3 is 15.4 Å². The van der Waals surface area contributed by atoms with Crippen molar-refractivity contribution in [1.82, 2.24) is 4.98 Å². The standard InChI is InChI=1S/C13H22ClN3O/c1-4-11(5-2)17(6-7-18-3)13-12(14)8-10(15)9-16-13/h8-9,11H,4-7,15H2,1-3H3. The molecule has 102 valence electrons. The van der Waals surface area contributed by atoms with Gasteiger partial charge in [0.1, 0.15) is 5.82 Å². The van der Waals surface area contributed by atoms with E-state index >= 15 is 0 Å². The van der Waals surface area contributed by atoms with E-state index in [1.807, 2.05) is 0 Å². The highest BCUT2D eigenvalue weighted by Crippen LogP contribution is 2.27. The molecule has 5 heteroatoms. The van der Waals surface area contributed by atoms with Crippen molar-refractivity contribution in [2.75, 3.05) is 30.9 Å². The fourth-order valence-electron chi connectivity index (χ4n) is 2.04. The first kappa shape index (κ1) is 15.1. The molecule has 1 aromatic heterocycles. The minimum Gasteiger partial charge on any atom is -0.397 e. The predicted octanol–water partition coefficient (Wildman–Crippen LogP) is 2.96. The van der Waals surface area contributed by atoms with Crippen LogP contribution in [0.15, 0.2) is 12.3 Å². The van der Waals surface area contributed by atoms with Crippen molar-refractivity contribution in [2.45, 2.75) is 32.7 Å². The molecule has 0 aliphatic carbocycles. The van der Waals surface area contributed by atoms with E-state index in [9.17, 15) is 0 Å². The van der Waals surface area contributed by atoms with E-state index in [1.165, 1.54) is 0 Å². The van der Waals surface area contributed by atoms with Crippen molar-refractivity contribution in [3.63, 3.8) is 0 Å². The van der Waals surface area contributed by atoms with E-state index in [4.69, 9.17) is 22.1 Å². The van der Waals surface area contributed by atoms with Crippen LogP contribution in [0, 0.1) is 0 Å². The van der Waals surface area contributed by atoms with Crippen LogP contribution >= 0.6 is 11.6 Å². The van der Waals surface area contributed by atoms with Gasteiger partial charge in [0, 0.05) is 19.7 Å². The maximum Gasteiger partial charge on any atom is 0.147 e. The van der Waals surface area contributed by atoms with Gasteiger partial charge in [-0.05, 0) is 18.9 Å². The van der Waals surface area contributed by atoms with Crippen LogP contribution in [-0.2, 0) is 4.74 Å². The molecule has 0 amide bonds. The van der Waals surface area contributed by atoms with Crippen molar-refractivity contribution in [2.24, 2.45) is 0 Å². The number of halogens is 1. The maximum absolute atomic E-state index is 6.24. The van der Waals surface area contributed by atoms with Crippen molar-refractivity contribution < 1.29 is 4.74 Å². The summed E-state index contributed by atoms with van der Waals surface area (Å²) in [4.78, 5) is 6.56. The van der Waals surface area contributed by atoms with Crippen LogP contribution < -0.4 is 10.6 Å². The van der Waals surface area contributed by atoms with Gasteiger partial charge in [-0.1, -0.05) is 25.4 Å². The zero-order valence-electron chi connectivity index (χ0n) is 11.3. The van der Waals surface area contributed by atoms with Gasteiger partial charge in [-0.15, -0.1) is 0 Å². The smallest absolute Gasteiger partial charge is 0.147 e. The highest BCUT2D eigenvalue weighted by Gasteiger charge is 2.19. The fraction of sp³-hybridized carbons (Fsp3) is 0.615. The Hall–Kier alpha value is -1.00. The number of pyridine rings is 1. The second-order valence-electron chi connectivity index (χ2n) is 4.23. The third-order valence-corrected chi connectivity index (χ3v) is 3.31. The first-order chi connectivity index (χ1) is 8.63. The Morgan fingerprint density at radius 3 is 2.61 bits per heavy atom. The van der Waals surface area contributed by atoms with Gasteiger partial charge in [0.05, 0.1) is 23.5 Å². The number of nitrogens with zero attached hydrogens (tertiary/aromatic N) is 2. The highest BCUT2D eigenvalue weighted by atomic mass is 35.5. The molecule has 0 unspecified atom stereocenters.